The Kier molecular flexibility index (Phi) is 5.30. The standard InChI is InChI=1S/C14H23N5O3S/c1-14(2,3)23(21,22)19-11-6-4-10(5-7-11)12(20)18-13-16-8-15-9-17-13/h8-11,19H,4-7H2,1-3H3,(H,15,16,17,18,20)/t10-,11-. The Hall–Kier alpha value is -1.61. The van der Waals surface area contributed by atoms with Gasteiger partial charge in [-0.2, -0.15) is 0 Å². The molecule has 0 unspecified atom stereocenters. The predicted octanol–water partition coefficient (Wildman–Crippen LogP) is 1.09. The minimum atomic E-state index is -3.36. The summed E-state index contributed by atoms with van der Waals surface area (Å²) in [6.07, 6.45) is 5.19. The van der Waals surface area contributed by atoms with E-state index in [2.05, 4.69) is 25.0 Å². The highest BCUT2D eigenvalue weighted by atomic mass is 32.2. The highest BCUT2D eigenvalue weighted by Crippen LogP contribution is 2.27. The molecular weight excluding hydrogens is 318 g/mol. The smallest absolute Gasteiger partial charge is 0.232 e. The van der Waals surface area contributed by atoms with Crippen molar-refractivity contribution in [3.05, 3.63) is 12.7 Å². The van der Waals surface area contributed by atoms with Crippen LogP contribution in [0.5, 0.6) is 0 Å². The Balaban J connectivity index is 1.85. The van der Waals surface area contributed by atoms with Crippen LogP contribution in [0.3, 0.4) is 0 Å². The zero-order chi connectivity index (χ0) is 17.1. The van der Waals surface area contributed by atoms with Crippen molar-refractivity contribution in [3.63, 3.8) is 0 Å². The predicted molar refractivity (Wildman–Crippen MR) is 86.0 cm³/mol. The van der Waals surface area contributed by atoms with Gasteiger partial charge < -0.3 is 0 Å². The summed E-state index contributed by atoms with van der Waals surface area (Å²) in [7, 11) is -3.36. The molecule has 0 atom stereocenters. The zero-order valence-corrected chi connectivity index (χ0v) is 14.4. The van der Waals surface area contributed by atoms with Gasteiger partial charge in [0.2, 0.25) is 21.9 Å². The van der Waals surface area contributed by atoms with E-state index in [4.69, 9.17) is 0 Å². The summed E-state index contributed by atoms with van der Waals surface area (Å²) < 4.78 is 26.2. The summed E-state index contributed by atoms with van der Waals surface area (Å²) in [4.78, 5) is 23.6. The molecule has 23 heavy (non-hydrogen) atoms. The minimum Gasteiger partial charge on any atom is -0.294 e. The van der Waals surface area contributed by atoms with Gasteiger partial charge in [0.05, 0.1) is 4.75 Å². The van der Waals surface area contributed by atoms with Gasteiger partial charge in [-0.1, -0.05) is 0 Å². The first kappa shape index (κ1) is 17.7. The van der Waals surface area contributed by atoms with Gasteiger partial charge in [0.25, 0.3) is 0 Å². The summed E-state index contributed by atoms with van der Waals surface area (Å²) in [6.45, 7) is 5.01. The molecule has 1 fully saturated rings. The third-order valence-electron chi connectivity index (χ3n) is 3.95. The van der Waals surface area contributed by atoms with E-state index in [1.165, 1.54) is 12.7 Å². The van der Waals surface area contributed by atoms with E-state index < -0.39 is 14.8 Å². The fourth-order valence-corrected chi connectivity index (χ4v) is 3.41. The van der Waals surface area contributed by atoms with E-state index >= 15 is 0 Å². The number of carbonyl (C=O) groups excluding carboxylic acids is 1. The quantitative estimate of drug-likeness (QED) is 0.847. The summed E-state index contributed by atoms with van der Waals surface area (Å²) in [5, 5.41) is 2.66. The maximum Gasteiger partial charge on any atom is 0.232 e. The number of carbonyl (C=O) groups is 1. The molecule has 1 saturated carbocycles. The van der Waals surface area contributed by atoms with Crippen molar-refractivity contribution < 1.29 is 13.2 Å². The van der Waals surface area contributed by atoms with Crippen LogP contribution in [0.15, 0.2) is 12.7 Å². The van der Waals surface area contributed by atoms with Gasteiger partial charge in [0, 0.05) is 12.0 Å². The van der Waals surface area contributed by atoms with Gasteiger partial charge in [-0.3, -0.25) is 10.1 Å². The fraction of sp³-hybridized carbons (Fsp3) is 0.714. The largest absolute Gasteiger partial charge is 0.294 e. The Labute approximate surface area is 136 Å². The molecule has 0 aromatic carbocycles. The first-order valence-corrected chi connectivity index (χ1v) is 9.12. The van der Waals surface area contributed by atoms with Gasteiger partial charge in [-0.15, -0.1) is 0 Å². The second-order valence-electron chi connectivity index (χ2n) is 6.73. The molecule has 0 bridgehead atoms. The third-order valence-corrected chi connectivity index (χ3v) is 6.21. The molecular formula is C14H23N5O3S. The number of hydrogen-bond acceptors (Lipinski definition) is 6. The summed E-state index contributed by atoms with van der Waals surface area (Å²) in [5.41, 5.74) is 0. The monoisotopic (exact) mass is 341 g/mol. The Morgan fingerprint density at radius 3 is 2.22 bits per heavy atom. The second-order valence-corrected chi connectivity index (χ2v) is 9.20. The SMILES string of the molecule is CC(C)(C)S(=O)(=O)N[C@H]1CC[C@H](C(=O)Nc2ncncn2)CC1. The van der Waals surface area contributed by atoms with Crippen molar-refractivity contribution in [2.24, 2.45) is 5.92 Å². The number of nitrogens with zero attached hydrogens (tertiary/aromatic N) is 3. The van der Waals surface area contributed by atoms with E-state index in [1.807, 2.05) is 0 Å². The van der Waals surface area contributed by atoms with Crippen molar-refractivity contribution in [1.82, 2.24) is 19.7 Å². The zero-order valence-electron chi connectivity index (χ0n) is 13.6. The molecule has 0 saturated heterocycles. The van der Waals surface area contributed by atoms with Crippen LogP contribution in [0.2, 0.25) is 0 Å². The topological polar surface area (TPSA) is 114 Å². The highest BCUT2D eigenvalue weighted by Gasteiger charge is 2.34. The second kappa shape index (κ2) is 6.88. The van der Waals surface area contributed by atoms with Gasteiger partial charge in [0.15, 0.2) is 0 Å². The number of rotatable bonds is 4. The molecule has 2 rings (SSSR count). The Morgan fingerprint density at radius 2 is 1.70 bits per heavy atom. The van der Waals surface area contributed by atoms with Crippen molar-refractivity contribution >= 4 is 21.9 Å². The van der Waals surface area contributed by atoms with Crippen LogP contribution in [0.4, 0.5) is 5.95 Å². The number of aromatic nitrogens is 3. The molecule has 1 aliphatic carbocycles. The van der Waals surface area contributed by atoms with Crippen LogP contribution < -0.4 is 10.0 Å². The van der Waals surface area contributed by atoms with Gasteiger partial charge in [-0.05, 0) is 46.5 Å². The molecule has 8 nitrogen and oxygen atoms in total. The number of amides is 1. The average molecular weight is 341 g/mol. The van der Waals surface area contributed by atoms with Crippen molar-refractivity contribution in [1.29, 1.82) is 0 Å². The first-order chi connectivity index (χ1) is 10.7. The lowest BCUT2D eigenvalue weighted by Crippen LogP contribution is -2.46. The minimum absolute atomic E-state index is 0.111. The van der Waals surface area contributed by atoms with E-state index in [-0.39, 0.29) is 23.8 Å². The lowest BCUT2D eigenvalue weighted by Gasteiger charge is -2.30. The van der Waals surface area contributed by atoms with Crippen LogP contribution in [0.25, 0.3) is 0 Å². The molecule has 0 aliphatic heterocycles. The Bertz CT molecular complexity index is 634. The molecule has 2 N–H and O–H groups in total. The molecule has 9 heteroatoms. The van der Waals surface area contributed by atoms with Crippen LogP contribution >= 0.6 is 0 Å². The van der Waals surface area contributed by atoms with Crippen molar-refractivity contribution in [3.8, 4) is 0 Å². The number of sulfonamides is 1. The van der Waals surface area contributed by atoms with E-state index in [0.29, 0.717) is 25.7 Å². The van der Waals surface area contributed by atoms with Gasteiger partial charge >= 0.3 is 0 Å². The lowest BCUT2D eigenvalue weighted by molar-refractivity contribution is -0.120. The molecule has 1 aromatic rings. The fourth-order valence-electron chi connectivity index (χ4n) is 2.39. The average Bonchev–Trinajstić information content (AvgIpc) is 2.47. The van der Waals surface area contributed by atoms with Crippen molar-refractivity contribution in [2.75, 3.05) is 5.32 Å². The van der Waals surface area contributed by atoms with Crippen molar-refractivity contribution in [2.45, 2.75) is 57.2 Å². The summed E-state index contributed by atoms with van der Waals surface area (Å²) in [5.74, 6) is -0.0453. The molecule has 128 valence electrons. The van der Waals surface area contributed by atoms with Crippen LogP contribution in [-0.4, -0.2) is 40.1 Å². The van der Waals surface area contributed by atoms with Gasteiger partial charge in [-0.25, -0.2) is 28.1 Å². The van der Waals surface area contributed by atoms with E-state index in [1.54, 1.807) is 20.8 Å². The van der Waals surface area contributed by atoms with Gasteiger partial charge in [0.1, 0.15) is 12.7 Å². The van der Waals surface area contributed by atoms with Crippen LogP contribution in [0, 0.1) is 5.92 Å². The maximum atomic E-state index is 12.2. The molecule has 0 spiro atoms. The Morgan fingerprint density at radius 1 is 1.13 bits per heavy atom. The summed E-state index contributed by atoms with van der Waals surface area (Å²) in [6, 6.07) is -0.111. The molecule has 1 aliphatic rings. The normalized spacial score (nSPS) is 22.6. The van der Waals surface area contributed by atoms with E-state index in [0.717, 1.165) is 0 Å². The maximum absolute atomic E-state index is 12.2. The highest BCUT2D eigenvalue weighted by molar-refractivity contribution is 7.90. The number of nitrogens with one attached hydrogen (secondary N) is 2. The summed E-state index contributed by atoms with van der Waals surface area (Å²) >= 11 is 0. The molecule has 1 heterocycles. The van der Waals surface area contributed by atoms with E-state index in [9.17, 15) is 13.2 Å². The van der Waals surface area contributed by atoms with Crippen LogP contribution in [-0.2, 0) is 14.8 Å². The number of hydrogen-bond donors (Lipinski definition) is 2. The molecule has 0 radical (unpaired) electrons. The first-order valence-electron chi connectivity index (χ1n) is 7.64. The molecule has 1 amide bonds. The third kappa shape index (κ3) is 4.68. The lowest BCUT2D eigenvalue weighted by atomic mass is 9.86. The molecule has 1 aromatic heterocycles. The number of anilines is 1. The van der Waals surface area contributed by atoms with Crippen LogP contribution in [0.1, 0.15) is 46.5 Å².